The molecule has 15 heavy (non-hydrogen) atoms. The standard InChI is InChI=1S/C9H10BrFO3S/c10-8-2-1-7(9(11)5-8)6-15(13,14)4-3-12/h1-2,5,12H,3-4,6H2. The predicted molar refractivity (Wildman–Crippen MR) is 58.7 cm³/mol. The minimum atomic E-state index is -3.43. The van der Waals surface area contributed by atoms with Crippen LogP contribution in [0.25, 0.3) is 0 Å². The Kier molecular flexibility index (Phi) is 4.24. The molecule has 0 aliphatic carbocycles. The molecule has 0 atom stereocenters. The van der Waals surface area contributed by atoms with Gasteiger partial charge < -0.3 is 5.11 Å². The molecule has 0 spiro atoms. The van der Waals surface area contributed by atoms with Crippen molar-refractivity contribution in [2.45, 2.75) is 5.75 Å². The molecule has 0 saturated carbocycles. The van der Waals surface area contributed by atoms with Gasteiger partial charge in [0.15, 0.2) is 9.84 Å². The second kappa shape index (κ2) is 5.05. The van der Waals surface area contributed by atoms with Crippen LogP contribution in [0.4, 0.5) is 4.39 Å². The molecule has 1 aromatic carbocycles. The normalized spacial score (nSPS) is 11.7. The lowest BCUT2D eigenvalue weighted by molar-refractivity contribution is 0.319. The van der Waals surface area contributed by atoms with Crippen LogP contribution >= 0.6 is 15.9 Å². The lowest BCUT2D eigenvalue weighted by atomic mass is 10.2. The number of sulfone groups is 1. The summed E-state index contributed by atoms with van der Waals surface area (Å²) in [5.41, 5.74) is 0.117. The van der Waals surface area contributed by atoms with Crippen LogP contribution in [0.2, 0.25) is 0 Å². The molecule has 0 bridgehead atoms. The van der Waals surface area contributed by atoms with E-state index in [0.29, 0.717) is 4.47 Å². The number of hydrogen-bond acceptors (Lipinski definition) is 3. The highest BCUT2D eigenvalue weighted by Gasteiger charge is 2.14. The highest BCUT2D eigenvalue weighted by atomic mass is 79.9. The first-order chi connectivity index (χ1) is 6.94. The van der Waals surface area contributed by atoms with Crippen molar-refractivity contribution in [3.05, 3.63) is 34.1 Å². The summed E-state index contributed by atoms with van der Waals surface area (Å²) >= 11 is 3.08. The third kappa shape index (κ3) is 3.89. The monoisotopic (exact) mass is 296 g/mol. The third-order valence-corrected chi connectivity index (χ3v) is 3.84. The molecule has 1 aromatic rings. The number of halogens is 2. The van der Waals surface area contributed by atoms with Crippen LogP contribution in [0.5, 0.6) is 0 Å². The molecule has 0 saturated heterocycles. The number of aliphatic hydroxyl groups is 1. The van der Waals surface area contributed by atoms with Gasteiger partial charge in [-0.05, 0) is 12.1 Å². The van der Waals surface area contributed by atoms with E-state index in [4.69, 9.17) is 5.11 Å². The van der Waals surface area contributed by atoms with Crippen molar-refractivity contribution in [1.82, 2.24) is 0 Å². The van der Waals surface area contributed by atoms with E-state index >= 15 is 0 Å². The van der Waals surface area contributed by atoms with Crippen molar-refractivity contribution in [3.8, 4) is 0 Å². The molecular formula is C9H10BrFO3S. The zero-order chi connectivity index (χ0) is 11.5. The molecule has 6 heteroatoms. The summed E-state index contributed by atoms with van der Waals surface area (Å²) in [6.07, 6.45) is 0. The summed E-state index contributed by atoms with van der Waals surface area (Å²) in [4.78, 5) is 0. The summed E-state index contributed by atoms with van der Waals surface area (Å²) in [5.74, 6) is -1.29. The van der Waals surface area contributed by atoms with Gasteiger partial charge in [0, 0.05) is 10.0 Å². The summed E-state index contributed by atoms with van der Waals surface area (Å²) in [6, 6.07) is 4.20. The van der Waals surface area contributed by atoms with E-state index in [1.807, 2.05) is 0 Å². The minimum Gasteiger partial charge on any atom is -0.395 e. The first-order valence-corrected chi connectivity index (χ1v) is 6.81. The van der Waals surface area contributed by atoms with Gasteiger partial charge in [0.25, 0.3) is 0 Å². The first-order valence-electron chi connectivity index (χ1n) is 4.20. The van der Waals surface area contributed by atoms with E-state index in [9.17, 15) is 12.8 Å². The molecule has 0 aliphatic rings. The van der Waals surface area contributed by atoms with Crippen LogP contribution in [0.15, 0.2) is 22.7 Å². The van der Waals surface area contributed by atoms with Crippen molar-refractivity contribution >= 4 is 25.8 Å². The Hall–Kier alpha value is -0.460. The van der Waals surface area contributed by atoms with Gasteiger partial charge in [0.05, 0.1) is 18.1 Å². The average molecular weight is 297 g/mol. The maximum absolute atomic E-state index is 13.3. The second-order valence-electron chi connectivity index (χ2n) is 3.05. The molecule has 84 valence electrons. The molecule has 0 radical (unpaired) electrons. The van der Waals surface area contributed by atoms with Crippen molar-refractivity contribution in [2.75, 3.05) is 12.4 Å². The number of rotatable bonds is 4. The van der Waals surface area contributed by atoms with Gasteiger partial charge in [-0.2, -0.15) is 0 Å². The zero-order valence-corrected chi connectivity index (χ0v) is 10.2. The van der Waals surface area contributed by atoms with Gasteiger partial charge in [-0.1, -0.05) is 22.0 Å². The molecule has 3 nitrogen and oxygen atoms in total. The molecule has 1 rings (SSSR count). The van der Waals surface area contributed by atoms with Gasteiger partial charge in [-0.15, -0.1) is 0 Å². The van der Waals surface area contributed by atoms with E-state index in [1.54, 1.807) is 6.07 Å². The van der Waals surface area contributed by atoms with Crippen LogP contribution in [0.3, 0.4) is 0 Å². The topological polar surface area (TPSA) is 54.4 Å². The Morgan fingerprint density at radius 3 is 2.60 bits per heavy atom. The summed E-state index contributed by atoms with van der Waals surface area (Å²) in [7, 11) is -3.43. The van der Waals surface area contributed by atoms with Gasteiger partial charge in [0.1, 0.15) is 5.82 Å². The molecule has 0 aliphatic heterocycles. The Bertz CT molecular complexity index is 445. The highest BCUT2D eigenvalue weighted by Crippen LogP contribution is 2.17. The Morgan fingerprint density at radius 1 is 1.40 bits per heavy atom. The molecule has 0 aromatic heterocycles. The largest absolute Gasteiger partial charge is 0.395 e. The van der Waals surface area contributed by atoms with Crippen LogP contribution < -0.4 is 0 Å². The SMILES string of the molecule is O=S(=O)(CCO)Cc1ccc(Br)cc1F. The van der Waals surface area contributed by atoms with E-state index in [2.05, 4.69) is 15.9 Å². The molecule has 0 heterocycles. The smallest absolute Gasteiger partial charge is 0.156 e. The number of benzene rings is 1. The van der Waals surface area contributed by atoms with Crippen LogP contribution in [0.1, 0.15) is 5.56 Å². The minimum absolute atomic E-state index is 0.117. The van der Waals surface area contributed by atoms with Gasteiger partial charge >= 0.3 is 0 Å². The third-order valence-electron chi connectivity index (χ3n) is 1.79. The van der Waals surface area contributed by atoms with E-state index in [0.717, 1.165) is 0 Å². The van der Waals surface area contributed by atoms with Crippen molar-refractivity contribution in [2.24, 2.45) is 0 Å². The summed E-state index contributed by atoms with van der Waals surface area (Å²) in [5, 5.41) is 8.51. The van der Waals surface area contributed by atoms with Crippen molar-refractivity contribution in [1.29, 1.82) is 0 Å². The quantitative estimate of drug-likeness (QED) is 0.916. The van der Waals surface area contributed by atoms with Gasteiger partial charge in [0.2, 0.25) is 0 Å². The number of hydrogen-bond donors (Lipinski definition) is 1. The molecule has 0 unspecified atom stereocenters. The molecular weight excluding hydrogens is 287 g/mol. The maximum Gasteiger partial charge on any atom is 0.156 e. The predicted octanol–water partition coefficient (Wildman–Crippen LogP) is 1.50. The molecule has 1 N–H and O–H groups in total. The van der Waals surface area contributed by atoms with Crippen LogP contribution in [0, 0.1) is 5.82 Å². The van der Waals surface area contributed by atoms with Crippen LogP contribution in [-0.4, -0.2) is 25.9 Å². The summed E-state index contributed by atoms with van der Waals surface area (Å²) < 4.78 is 36.4. The van der Waals surface area contributed by atoms with Gasteiger partial charge in [-0.3, -0.25) is 0 Å². The Balaban J connectivity index is 2.90. The fourth-order valence-corrected chi connectivity index (χ4v) is 2.55. The Morgan fingerprint density at radius 2 is 2.07 bits per heavy atom. The fourth-order valence-electron chi connectivity index (χ4n) is 1.09. The summed E-state index contributed by atoms with van der Waals surface area (Å²) in [6.45, 7) is -0.444. The second-order valence-corrected chi connectivity index (χ2v) is 6.15. The van der Waals surface area contributed by atoms with Crippen molar-refractivity contribution < 1.29 is 17.9 Å². The van der Waals surface area contributed by atoms with E-state index < -0.39 is 22.3 Å². The highest BCUT2D eigenvalue weighted by molar-refractivity contribution is 9.10. The maximum atomic E-state index is 13.3. The fraction of sp³-hybridized carbons (Fsp3) is 0.333. The molecule has 0 fully saturated rings. The van der Waals surface area contributed by atoms with Crippen molar-refractivity contribution in [3.63, 3.8) is 0 Å². The Labute approximate surface area is 96.0 Å². The first kappa shape index (κ1) is 12.6. The van der Waals surface area contributed by atoms with Gasteiger partial charge in [-0.25, -0.2) is 12.8 Å². The lowest BCUT2D eigenvalue weighted by Crippen LogP contribution is -2.13. The zero-order valence-electron chi connectivity index (χ0n) is 7.78. The lowest BCUT2D eigenvalue weighted by Gasteiger charge is -2.04. The average Bonchev–Trinajstić information content (AvgIpc) is 2.09. The van der Waals surface area contributed by atoms with E-state index in [-0.39, 0.29) is 17.1 Å². The molecule has 0 amide bonds. The number of aliphatic hydroxyl groups excluding tert-OH is 1. The van der Waals surface area contributed by atoms with E-state index in [1.165, 1.54) is 12.1 Å². The van der Waals surface area contributed by atoms with Crippen LogP contribution in [-0.2, 0) is 15.6 Å².